The van der Waals surface area contributed by atoms with Crippen LogP contribution in [0.2, 0.25) is 0 Å². The molecule has 0 radical (unpaired) electrons. The van der Waals surface area contributed by atoms with E-state index in [9.17, 15) is 4.79 Å². The Morgan fingerprint density at radius 3 is 2.53 bits per heavy atom. The van der Waals surface area contributed by atoms with Crippen LogP contribution in [0.1, 0.15) is 23.2 Å². The summed E-state index contributed by atoms with van der Waals surface area (Å²) in [4.78, 5) is 16.1. The van der Waals surface area contributed by atoms with Gasteiger partial charge in [0.25, 0.3) is 0 Å². The molecule has 3 heteroatoms. The minimum absolute atomic E-state index is 0.0238. The van der Waals surface area contributed by atoms with Crippen molar-refractivity contribution in [3.8, 4) is 0 Å². The topological polar surface area (TPSA) is 42.0 Å². The number of pyridine rings is 1. The van der Waals surface area contributed by atoms with Crippen molar-refractivity contribution in [2.24, 2.45) is 0 Å². The van der Waals surface area contributed by atoms with Crippen LogP contribution in [-0.4, -0.2) is 10.9 Å². The molecular formula is C16H18N2O. The van der Waals surface area contributed by atoms with E-state index in [4.69, 9.17) is 0 Å². The van der Waals surface area contributed by atoms with Crippen molar-refractivity contribution in [3.05, 3.63) is 59.4 Å². The Balaban J connectivity index is 1.91. The zero-order chi connectivity index (χ0) is 13.7. The van der Waals surface area contributed by atoms with Gasteiger partial charge >= 0.3 is 0 Å². The Labute approximate surface area is 113 Å². The molecule has 0 aliphatic carbocycles. The molecule has 1 amide bonds. The summed E-state index contributed by atoms with van der Waals surface area (Å²) < 4.78 is 0. The van der Waals surface area contributed by atoms with Gasteiger partial charge in [-0.15, -0.1) is 0 Å². The monoisotopic (exact) mass is 254 g/mol. The number of aromatic nitrogens is 1. The van der Waals surface area contributed by atoms with E-state index in [-0.39, 0.29) is 5.91 Å². The van der Waals surface area contributed by atoms with Gasteiger partial charge in [-0.05, 0) is 55.7 Å². The number of hydrogen-bond acceptors (Lipinski definition) is 2. The molecule has 98 valence electrons. The molecule has 0 spiro atoms. The molecule has 0 atom stereocenters. The molecule has 19 heavy (non-hydrogen) atoms. The molecule has 0 fully saturated rings. The normalized spacial score (nSPS) is 10.2. The summed E-state index contributed by atoms with van der Waals surface area (Å²) in [6.07, 6.45) is 2.86. The maximum atomic E-state index is 11.9. The number of amides is 1. The largest absolute Gasteiger partial charge is 0.326 e. The SMILES string of the molecule is Cc1cc(C)cc(NC(=O)CCc2ccccn2)c1. The molecule has 1 aromatic carbocycles. The van der Waals surface area contributed by atoms with Crippen molar-refractivity contribution in [2.75, 3.05) is 5.32 Å². The molecular weight excluding hydrogens is 236 g/mol. The van der Waals surface area contributed by atoms with Crippen molar-refractivity contribution >= 4 is 11.6 Å². The third-order valence-corrected chi connectivity index (χ3v) is 2.84. The molecule has 1 N–H and O–H groups in total. The van der Waals surface area contributed by atoms with E-state index >= 15 is 0 Å². The molecule has 0 saturated carbocycles. The van der Waals surface area contributed by atoms with E-state index in [1.54, 1.807) is 6.20 Å². The van der Waals surface area contributed by atoms with Crippen molar-refractivity contribution in [3.63, 3.8) is 0 Å². The molecule has 2 aromatic rings. The molecule has 2 rings (SSSR count). The first-order valence-electron chi connectivity index (χ1n) is 6.41. The highest BCUT2D eigenvalue weighted by atomic mass is 16.1. The van der Waals surface area contributed by atoms with Crippen LogP contribution in [0.4, 0.5) is 5.69 Å². The zero-order valence-corrected chi connectivity index (χ0v) is 11.3. The number of nitrogens with one attached hydrogen (secondary N) is 1. The smallest absolute Gasteiger partial charge is 0.224 e. The summed E-state index contributed by atoms with van der Waals surface area (Å²) in [5.74, 6) is 0.0238. The van der Waals surface area contributed by atoms with Gasteiger partial charge in [-0.3, -0.25) is 9.78 Å². The fourth-order valence-corrected chi connectivity index (χ4v) is 2.06. The molecule has 3 nitrogen and oxygen atoms in total. The van der Waals surface area contributed by atoms with E-state index in [0.29, 0.717) is 12.8 Å². The van der Waals surface area contributed by atoms with Crippen LogP contribution >= 0.6 is 0 Å². The van der Waals surface area contributed by atoms with Gasteiger partial charge in [0.2, 0.25) is 5.91 Å². The van der Waals surface area contributed by atoms with Gasteiger partial charge in [0, 0.05) is 24.0 Å². The van der Waals surface area contributed by atoms with Crippen molar-refractivity contribution in [1.29, 1.82) is 0 Å². The number of nitrogens with zero attached hydrogens (tertiary/aromatic N) is 1. The third-order valence-electron chi connectivity index (χ3n) is 2.84. The van der Waals surface area contributed by atoms with E-state index in [1.807, 2.05) is 44.2 Å². The van der Waals surface area contributed by atoms with Gasteiger partial charge in [-0.1, -0.05) is 12.1 Å². The summed E-state index contributed by atoms with van der Waals surface area (Å²) in [6.45, 7) is 4.05. The van der Waals surface area contributed by atoms with Gasteiger partial charge in [-0.2, -0.15) is 0 Å². The third kappa shape index (κ3) is 4.21. The number of rotatable bonds is 4. The maximum absolute atomic E-state index is 11.9. The molecule has 1 aromatic heterocycles. The van der Waals surface area contributed by atoms with Crippen LogP contribution in [0.15, 0.2) is 42.6 Å². The van der Waals surface area contributed by atoms with Crippen LogP contribution < -0.4 is 5.32 Å². The van der Waals surface area contributed by atoms with Crippen LogP contribution in [0.5, 0.6) is 0 Å². The minimum Gasteiger partial charge on any atom is -0.326 e. The summed E-state index contributed by atoms with van der Waals surface area (Å²) in [5, 5.41) is 2.93. The Morgan fingerprint density at radius 1 is 1.16 bits per heavy atom. The Hall–Kier alpha value is -2.16. The standard InChI is InChI=1S/C16H18N2O/c1-12-9-13(2)11-15(10-12)18-16(19)7-6-14-5-3-4-8-17-14/h3-5,8-11H,6-7H2,1-2H3,(H,18,19). The quantitative estimate of drug-likeness (QED) is 0.909. The number of carbonyl (C=O) groups excluding carboxylic acids is 1. The first kappa shape index (κ1) is 13.3. The lowest BCUT2D eigenvalue weighted by atomic mass is 10.1. The van der Waals surface area contributed by atoms with Crippen LogP contribution in [0, 0.1) is 13.8 Å². The highest BCUT2D eigenvalue weighted by Crippen LogP contribution is 2.14. The van der Waals surface area contributed by atoms with E-state index < -0.39 is 0 Å². The number of benzene rings is 1. The number of carbonyl (C=O) groups is 1. The van der Waals surface area contributed by atoms with Crippen LogP contribution in [-0.2, 0) is 11.2 Å². The predicted molar refractivity (Wildman–Crippen MR) is 77.1 cm³/mol. The summed E-state index contributed by atoms with van der Waals surface area (Å²) in [6, 6.07) is 11.8. The fraction of sp³-hybridized carbons (Fsp3) is 0.250. The molecule has 0 bridgehead atoms. The van der Waals surface area contributed by atoms with Crippen LogP contribution in [0.25, 0.3) is 0 Å². The first-order chi connectivity index (χ1) is 9.13. The fourth-order valence-electron chi connectivity index (χ4n) is 2.06. The minimum atomic E-state index is 0.0238. The molecule has 0 unspecified atom stereocenters. The van der Waals surface area contributed by atoms with Crippen molar-refractivity contribution in [2.45, 2.75) is 26.7 Å². The zero-order valence-electron chi connectivity index (χ0n) is 11.3. The average Bonchev–Trinajstić information content (AvgIpc) is 2.36. The lowest BCUT2D eigenvalue weighted by molar-refractivity contribution is -0.116. The first-order valence-corrected chi connectivity index (χ1v) is 6.41. The number of anilines is 1. The van der Waals surface area contributed by atoms with Crippen LogP contribution in [0.3, 0.4) is 0 Å². The lowest BCUT2D eigenvalue weighted by Gasteiger charge is -2.07. The predicted octanol–water partition coefficient (Wildman–Crippen LogP) is 3.27. The number of aryl methyl sites for hydroxylation is 3. The Bertz CT molecular complexity index is 544. The lowest BCUT2D eigenvalue weighted by Crippen LogP contribution is -2.12. The highest BCUT2D eigenvalue weighted by molar-refractivity contribution is 5.91. The second kappa shape index (κ2) is 6.14. The van der Waals surface area contributed by atoms with Gasteiger partial charge < -0.3 is 5.32 Å². The average molecular weight is 254 g/mol. The van der Waals surface area contributed by atoms with Gasteiger partial charge in [0.15, 0.2) is 0 Å². The van der Waals surface area contributed by atoms with Gasteiger partial charge in [0.05, 0.1) is 0 Å². The van der Waals surface area contributed by atoms with E-state index in [1.165, 1.54) is 0 Å². The summed E-state index contributed by atoms with van der Waals surface area (Å²) >= 11 is 0. The highest BCUT2D eigenvalue weighted by Gasteiger charge is 2.04. The molecule has 0 aliphatic heterocycles. The molecule has 1 heterocycles. The van der Waals surface area contributed by atoms with Gasteiger partial charge in [0.1, 0.15) is 0 Å². The Kier molecular flexibility index (Phi) is 4.29. The summed E-state index contributed by atoms with van der Waals surface area (Å²) in [5.41, 5.74) is 4.11. The maximum Gasteiger partial charge on any atom is 0.224 e. The summed E-state index contributed by atoms with van der Waals surface area (Å²) in [7, 11) is 0. The molecule has 0 saturated heterocycles. The van der Waals surface area contributed by atoms with Gasteiger partial charge in [-0.25, -0.2) is 0 Å². The number of hydrogen-bond donors (Lipinski definition) is 1. The van der Waals surface area contributed by atoms with Crippen molar-refractivity contribution in [1.82, 2.24) is 4.98 Å². The Morgan fingerprint density at radius 2 is 1.89 bits per heavy atom. The van der Waals surface area contributed by atoms with E-state index in [2.05, 4.69) is 16.4 Å². The molecule has 0 aliphatic rings. The second-order valence-electron chi connectivity index (χ2n) is 4.75. The van der Waals surface area contributed by atoms with E-state index in [0.717, 1.165) is 22.5 Å². The van der Waals surface area contributed by atoms with Crippen molar-refractivity contribution < 1.29 is 4.79 Å². The second-order valence-corrected chi connectivity index (χ2v) is 4.75.